The zero-order chi connectivity index (χ0) is 9.12. The highest BCUT2D eigenvalue weighted by Gasteiger charge is 2.29. The highest BCUT2D eigenvalue weighted by atomic mass is 35.5. The Hall–Kier alpha value is 0.934. The van der Waals surface area contributed by atoms with Crippen molar-refractivity contribution < 1.29 is 0 Å². The largest absolute Gasteiger partial charge is 0.358 e. The third-order valence-electron chi connectivity index (χ3n) is 1.34. The molecule has 76 valence electrons. The van der Waals surface area contributed by atoms with Crippen molar-refractivity contribution in [2.75, 3.05) is 11.0 Å². The molecule has 0 aliphatic carbocycles. The SMILES string of the molecule is C[Si](C)(CCl)N[Si](C)(C)CCl.N. The van der Waals surface area contributed by atoms with Crippen LogP contribution in [-0.2, 0) is 0 Å². The lowest BCUT2D eigenvalue weighted by Crippen LogP contribution is -2.61. The molecule has 0 spiro atoms. The molecule has 0 heterocycles. The van der Waals surface area contributed by atoms with Crippen molar-refractivity contribution >= 4 is 39.7 Å². The standard InChI is InChI=1S/C6H17Cl2NSi2.H3N/c1-10(2,5-7)9-11(3,4)6-8;/h9H,5-6H2,1-4H3;1H3. The Labute approximate surface area is 87.8 Å². The van der Waals surface area contributed by atoms with Crippen molar-refractivity contribution in [2.24, 2.45) is 0 Å². The van der Waals surface area contributed by atoms with E-state index in [4.69, 9.17) is 23.2 Å². The topological polar surface area (TPSA) is 47.0 Å². The summed E-state index contributed by atoms with van der Waals surface area (Å²) in [4.78, 5) is 0. The molecule has 0 bridgehead atoms. The van der Waals surface area contributed by atoms with Crippen molar-refractivity contribution in [3.8, 4) is 0 Å². The van der Waals surface area contributed by atoms with Crippen LogP contribution in [0.15, 0.2) is 0 Å². The van der Waals surface area contributed by atoms with Gasteiger partial charge in [-0.25, -0.2) is 0 Å². The van der Waals surface area contributed by atoms with E-state index in [0.29, 0.717) is 0 Å². The molecule has 0 aromatic heterocycles. The van der Waals surface area contributed by atoms with Gasteiger partial charge in [0.1, 0.15) is 16.5 Å². The fraction of sp³-hybridized carbons (Fsp3) is 1.00. The summed E-state index contributed by atoms with van der Waals surface area (Å²) < 4.78 is 3.65. The summed E-state index contributed by atoms with van der Waals surface area (Å²) in [7, 11) is -2.68. The van der Waals surface area contributed by atoms with Gasteiger partial charge in [0.25, 0.3) is 0 Å². The molecule has 0 saturated heterocycles. The van der Waals surface area contributed by atoms with Crippen LogP contribution in [0.1, 0.15) is 0 Å². The molecule has 0 rings (SSSR count). The summed E-state index contributed by atoms with van der Waals surface area (Å²) in [6.07, 6.45) is 0. The fourth-order valence-electron chi connectivity index (χ4n) is 0.983. The van der Waals surface area contributed by atoms with Crippen molar-refractivity contribution in [1.82, 2.24) is 10.8 Å². The Morgan fingerprint density at radius 3 is 1.33 bits per heavy atom. The average molecular weight is 247 g/mol. The number of hydrogen-bond donors (Lipinski definition) is 2. The van der Waals surface area contributed by atoms with Gasteiger partial charge >= 0.3 is 0 Å². The molecule has 0 aromatic carbocycles. The minimum Gasteiger partial charge on any atom is -0.358 e. The first-order valence-corrected chi connectivity index (χ1v) is 11.2. The molecular weight excluding hydrogens is 227 g/mol. The van der Waals surface area contributed by atoms with Crippen molar-refractivity contribution in [2.45, 2.75) is 26.2 Å². The van der Waals surface area contributed by atoms with Gasteiger partial charge in [0.2, 0.25) is 0 Å². The summed E-state index contributed by atoms with van der Waals surface area (Å²) in [5.74, 6) is 0. The lowest BCUT2D eigenvalue weighted by atomic mass is 11.8. The molecule has 0 radical (unpaired) electrons. The lowest BCUT2D eigenvalue weighted by Gasteiger charge is -2.31. The first-order chi connectivity index (χ1) is 4.83. The zero-order valence-electron chi connectivity index (χ0n) is 8.38. The van der Waals surface area contributed by atoms with Gasteiger partial charge in [-0.15, -0.1) is 23.2 Å². The second-order valence-corrected chi connectivity index (χ2v) is 14.8. The van der Waals surface area contributed by atoms with E-state index in [2.05, 4.69) is 30.8 Å². The van der Waals surface area contributed by atoms with Gasteiger partial charge in [0.15, 0.2) is 0 Å². The molecule has 12 heavy (non-hydrogen) atoms. The third kappa shape index (κ3) is 6.45. The van der Waals surface area contributed by atoms with E-state index in [9.17, 15) is 0 Å². The van der Waals surface area contributed by atoms with Gasteiger partial charge < -0.3 is 10.8 Å². The molecule has 2 nitrogen and oxygen atoms in total. The Morgan fingerprint density at radius 2 is 1.17 bits per heavy atom. The van der Waals surface area contributed by atoms with E-state index in [0.717, 1.165) is 11.0 Å². The predicted molar refractivity (Wildman–Crippen MR) is 64.6 cm³/mol. The summed E-state index contributed by atoms with van der Waals surface area (Å²) >= 11 is 11.7. The Morgan fingerprint density at radius 1 is 0.917 bits per heavy atom. The summed E-state index contributed by atoms with van der Waals surface area (Å²) in [6.45, 7) is 8.95. The minimum absolute atomic E-state index is 0. The molecule has 4 N–H and O–H groups in total. The monoisotopic (exact) mass is 246 g/mol. The molecule has 0 unspecified atom stereocenters. The second kappa shape index (κ2) is 5.62. The normalized spacial score (nSPS) is 12.5. The molecule has 0 aliphatic heterocycles. The van der Waals surface area contributed by atoms with Crippen molar-refractivity contribution in [1.29, 1.82) is 0 Å². The first-order valence-electron chi connectivity index (χ1n) is 3.74. The predicted octanol–water partition coefficient (Wildman–Crippen LogP) is 2.70. The zero-order valence-corrected chi connectivity index (χ0v) is 11.9. The maximum atomic E-state index is 5.83. The van der Waals surface area contributed by atoms with E-state index >= 15 is 0 Å². The molecule has 0 aromatic rings. The maximum Gasteiger partial charge on any atom is 0.127 e. The fourth-order valence-corrected chi connectivity index (χ4v) is 10.0. The van der Waals surface area contributed by atoms with Gasteiger partial charge in [0, 0.05) is 11.0 Å². The Bertz CT molecular complexity index is 117. The highest BCUT2D eigenvalue weighted by molar-refractivity contribution is 6.95. The molecule has 0 fully saturated rings. The summed E-state index contributed by atoms with van der Waals surface area (Å²) in [6, 6.07) is 0. The van der Waals surface area contributed by atoms with E-state index in [-0.39, 0.29) is 6.15 Å². The van der Waals surface area contributed by atoms with E-state index in [1.807, 2.05) is 0 Å². The Balaban J connectivity index is 0. The van der Waals surface area contributed by atoms with Crippen molar-refractivity contribution in [3.63, 3.8) is 0 Å². The van der Waals surface area contributed by atoms with Crippen LogP contribution in [-0.4, -0.2) is 27.5 Å². The highest BCUT2D eigenvalue weighted by Crippen LogP contribution is 2.07. The van der Waals surface area contributed by atoms with E-state index in [1.165, 1.54) is 0 Å². The lowest BCUT2D eigenvalue weighted by molar-refractivity contribution is 1.29. The molecule has 0 aliphatic rings. The average Bonchev–Trinajstić information content (AvgIpc) is 1.86. The van der Waals surface area contributed by atoms with Gasteiger partial charge in [-0.3, -0.25) is 0 Å². The van der Waals surface area contributed by atoms with Crippen LogP contribution in [0.2, 0.25) is 26.2 Å². The van der Waals surface area contributed by atoms with Gasteiger partial charge in [0.05, 0.1) is 0 Å². The van der Waals surface area contributed by atoms with Crippen LogP contribution < -0.4 is 10.8 Å². The van der Waals surface area contributed by atoms with Crippen LogP contribution in [0.4, 0.5) is 0 Å². The quantitative estimate of drug-likeness (QED) is 0.592. The second-order valence-electron chi connectivity index (χ2n) is 4.16. The Kier molecular flexibility index (Phi) is 7.22. The van der Waals surface area contributed by atoms with Crippen LogP contribution in [0.3, 0.4) is 0 Å². The number of rotatable bonds is 4. The summed E-state index contributed by atoms with van der Waals surface area (Å²) in [5.41, 5.74) is 1.53. The number of alkyl halides is 2. The molecular formula is C6H20Cl2N2Si2. The van der Waals surface area contributed by atoms with Crippen LogP contribution >= 0.6 is 23.2 Å². The number of nitrogens with one attached hydrogen (secondary N) is 1. The van der Waals surface area contributed by atoms with Crippen LogP contribution in [0.25, 0.3) is 0 Å². The maximum absolute atomic E-state index is 5.83. The van der Waals surface area contributed by atoms with Gasteiger partial charge in [-0.2, -0.15) is 0 Å². The van der Waals surface area contributed by atoms with Crippen LogP contribution in [0.5, 0.6) is 0 Å². The molecule has 0 saturated carbocycles. The molecule has 0 atom stereocenters. The number of halogens is 2. The van der Waals surface area contributed by atoms with Gasteiger partial charge in [-0.05, 0) is 0 Å². The first kappa shape index (κ1) is 15.4. The summed E-state index contributed by atoms with van der Waals surface area (Å²) in [5, 5.41) is 0. The van der Waals surface area contributed by atoms with Gasteiger partial charge in [-0.1, -0.05) is 26.2 Å². The smallest absolute Gasteiger partial charge is 0.127 e. The van der Waals surface area contributed by atoms with E-state index in [1.54, 1.807) is 0 Å². The van der Waals surface area contributed by atoms with Crippen LogP contribution in [0, 0.1) is 0 Å². The molecule has 0 amide bonds. The van der Waals surface area contributed by atoms with Crippen molar-refractivity contribution in [3.05, 3.63) is 0 Å². The number of hydrogen-bond acceptors (Lipinski definition) is 2. The third-order valence-corrected chi connectivity index (χ3v) is 12.1. The minimum atomic E-state index is -1.34. The molecule has 6 heteroatoms. The van der Waals surface area contributed by atoms with E-state index < -0.39 is 16.5 Å².